The van der Waals surface area contributed by atoms with Gasteiger partial charge in [0.15, 0.2) is 0 Å². The van der Waals surface area contributed by atoms with Gasteiger partial charge >= 0.3 is 5.97 Å². The third kappa shape index (κ3) is 7.01. The van der Waals surface area contributed by atoms with E-state index in [1.807, 2.05) is 54.6 Å². The van der Waals surface area contributed by atoms with E-state index in [0.29, 0.717) is 11.5 Å². The minimum absolute atomic E-state index is 0.160. The zero-order valence-corrected chi connectivity index (χ0v) is 20.2. The number of aromatic nitrogens is 1. The predicted molar refractivity (Wildman–Crippen MR) is 139 cm³/mol. The summed E-state index contributed by atoms with van der Waals surface area (Å²) in [4.78, 5) is 40.0. The second kappa shape index (κ2) is 12.1. The Hall–Kier alpha value is -4.00. The van der Waals surface area contributed by atoms with Gasteiger partial charge in [-0.15, -0.1) is 0 Å². The number of hydrogen-bond acceptors (Lipinski definition) is 4. The average molecular weight is 486 g/mol. The maximum atomic E-state index is 12.5. The molecule has 186 valence electrons. The molecule has 2 amide bonds. The molecule has 3 N–H and O–H groups in total. The van der Waals surface area contributed by atoms with Gasteiger partial charge < -0.3 is 15.7 Å². The van der Waals surface area contributed by atoms with Crippen molar-refractivity contribution in [3.8, 4) is 11.1 Å². The van der Waals surface area contributed by atoms with E-state index in [9.17, 15) is 14.4 Å². The van der Waals surface area contributed by atoms with Crippen LogP contribution in [0.3, 0.4) is 0 Å². The molecule has 0 atom stereocenters. The van der Waals surface area contributed by atoms with Gasteiger partial charge in [0.05, 0.1) is 5.56 Å². The van der Waals surface area contributed by atoms with Crippen LogP contribution in [0.1, 0.15) is 60.4 Å². The Morgan fingerprint density at radius 1 is 0.889 bits per heavy atom. The number of pyridine rings is 1. The van der Waals surface area contributed by atoms with Crippen LogP contribution >= 0.6 is 0 Å². The molecule has 1 saturated carbocycles. The number of nitrogens with one attached hydrogen (secondary N) is 2. The molecule has 1 aromatic heterocycles. The lowest BCUT2D eigenvalue weighted by molar-refractivity contribution is -0.138. The number of hydrogen-bond donors (Lipinski definition) is 3. The lowest BCUT2D eigenvalue weighted by Gasteiger charge is -2.28. The van der Waals surface area contributed by atoms with Gasteiger partial charge in [-0.3, -0.25) is 19.4 Å². The molecule has 1 fully saturated rings. The lowest BCUT2D eigenvalue weighted by Crippen LogP contribution is -2.27. The van der Waals surface area contributed by atoms with Gasteiger partial charge in [0.25, 0.3) is 5.91 Å². The van der Waals surface area contributed by atoms with Gasteiger partial charge in [0.1, 0.15) is 0 Å². The second-order valence-electron chi connectivity index (χ2n) is 9.32. The molecule has 0 radical (unpaired) electrons. The first-order chi connectivity index (χ1) is 17.5. The van der Waals surface area contributed by atoms with Gasteiger partial charge in [-0.2, -0.15) is 0 Å². The first-order valence-corrected chi connectivity index (χ1v) is 12.4. The van der Waals surface area contributed by atoms with Crippen LogP contribution in [0.25, 0.3) is 11.1 Å². The molecule has 0 saturated heterocycles. The van der Waals surface area contributed by atoms with Crippen LogP contribution in [0.4, 0.5) is 5.69 Å². The fraction of sp³-hybridized carbons (Fsp3) is 0.310. The van der Waals surface area contributed by atoms with Gasteiger partial charge in [0, 0.05) is 43.0 Å². The fourth-order valence-electron chi connectivity index (χ4n) is 4.75. The fourth-order valence-corrected chi connectivity index (χ4v) is 4.75. The summed E-state index contributed by atoms with van der Waals surface area (Å²) in [6.45, 7) is 0.220. The monoisotopic (exact) mass is 485 g/mol. The van der Waals surface area contributed by atoms with Crippen molar-refractivity contribution in [1.29, 1.82) is 0 Å². The number of amides is 2. The first-order valence-electron chi connectivity index (χ1n) is 12.4. The summed E-state index contributed by atoms with van der Waals surface area (Å²) in [6, 6.07) is 19.4. The Bertz CT molecular complexity index is 1190. The van der Waals surface area contributed by atoms with E-state index in [1.54, 1.807) is 12.3 Å². The average Bonchev–Trinajstić information content (AvgIpc) is 2.90. The molecule has 1 heterocycles. The Labute approximate surface area is 211 Å². The van der Waals surface area contributed by atoms with Crippen LogP contribution in [0.15, 0.2) is 73.1 Å². The van der Waals surface area contributed by atoms with Crippen molar-refractivity contribution < 1.29 is 19.5 Å². The number of aliphatic carboxylic acids is 1. The van der Waals surface area contributed by atoms with E-state index in [-0.39, 0.29) is 37.1 Å². The summed E-state index contributed by atoms with van der Waals surface area (Å²) in [5.74, 6) is -0.442. The van der Waals surface area contributed by atoms with E-state index in [4.69, 9.17) is 5.11 Å². The molecule has 0 spiro atoms. The Kier molecular flexibility index (Phi) is 8.44. The number of nitrogens with zero attached hydrogens (tertiary/aromatic N) is 1. The van der Waals surface area contributed by atoms with Crippen molar-refractivity contribution >= 4 is 23.5 Å². The number of carbonyl (C=O) groups excluding carboxylic acids is 2. The van der Waals surface area contributed by atoms with Crippen molar-refractivity contribution in [2.24, 2.45) is 5.92 Å². The highest BCUT2D eigenvalue weighted by molar-refractivity contribution is 5.96. The molecule has 7 heteroatoms. The van der Waals surface area contributed by atoms with E-state index in [0.717, 1.165) is 42.5 Å². The number of anilines is 1. The summed E-state index contributed by atoms with van der Waals surface area (Å²) in [6.07, 6.45) is 7.52. The largest absolute Gasteiger partial charge is 0.481 e. The molecule has 1 aliphatic rings. The maximum absolute atomic E-state index is 12.5. The molecule has 4 rings (SSSR count). The second-order valence-corrected chi connectivity index (χ2v) is 9.32. The van der Waals surface area contributed by atoms with Crippen molar-refractivity contribution in [3.63, 3.8) is 0 Å². The van der Waals surface area contributed by atoms with Gasteiger partial charge in [-0.05, 0) is 66.8 Å². The standard InChI is InChI=1S/C29H31N3O4/c33-27(14-15-31-29(36)25-17-24(18-30-19-25)21-4-2-1-3-5-21)32-26-12-10-23(11-13-26)22-8-6-20(7-9-22)16-28(34)35/h1-5,10-13,17-20,22H,6-9,14-16H2,(H,31,36)(H,32,33)(H,34,35). The maximum Gasteiger partial charge on any atom is 0.303 e. The molecule has 3 aromatic rings. The van der Waals surface area contributed by atoms with Crippen LogP contribution < -0.4 is 10.6 Å². The summed E-state index contributed by atoms with van der Waals surface area (Å²) < 4.78 is 0. The van der Waals surface area contributed by atoms with Crippen molar-refractivity contribution in [2.75, 3.05) is 11.9 Å². The Morgan fingerprint density at radius 3 is 2.31 bits per heavy atom. The van der Waals surface area contributed by atoms with Crippen LogP contribution in [0, 0.1) is 5.92 Å². The van der Waals surface area contributed by atoms with Crippen LogP contribution in [-0.4, -0.2) is 34.4 Å². The molecule has 36 heavy (non-hydrogen) atoms. The van der Waals surface area contributed by atoms with E-state index >= 15 is 0 Å². The zero-order chi connectivity index (χ0) is 25.3. The SMILES string of the molecule is O=C(O)CC1CCC(c2ccc(NC(=O)CCNC(=O)c3cncc(-c4ccccc4)c3)cc2)CC1. The lowest BCUT2D eigenvalue weighted by atomic mass is 9.77. The van der Waals surface area contributed by atoms with Crippen molar-refractivity contribution in [3.05, 3.63) is 84.2 Å². The minimum Gasteiger partial charge on any atom is -0.481 e. The zero-order valence-electron chi connectivity index (χ0n) is 20.2. The van der Waals surface area contributed by atoms with Crippen LogP contribution in [0.2, 0.25) is 0 Å². The summed E-state index contributed by atoms with van der Waals surface area (Å²) in [7, 11) is 0. The van der Waals surface area contributed by atoms with Gasteiger partial charge in [-0.25, -0.2) is 0 Å². The molecular formula is C29H31N3O4. The van der Waals surface area contributed by atoms with Crippen LogP contribution in [0.5, 0.6) is 0 Å². The number of carboxylic acids is 1. The highest BCUT2D eigenvalue weighted by Crippen LogP contribution is 2.37. The predicted octanol–water partition coefficient (Wildman–Crippen LogP) is 5.26. The minimum atomic E-state index is -0.715. The number of rotatable bonds is 9. The van der Waals surface area contributed by atoms with Crippen molar-refractivity contribution in [1.82, 2.24) is 10.3 Å². The molecule has 1 aliphatic carbocycles. The smallest absolute Gasteiger partial charge is 0.303 e. The first kappa shape index (κ1) is 25.1. The quantitative estimate of drug-likeness (QED) is 0.383. The molecule has 0 bridgehead atoms. The Morgan fingerprint density at radius 2 is 1.61 bits per heavy atom. The summed E-state index contributed by atoms with van der Waals surface area (Å²) in [5, 5.41) is 14.6. The van der Waals surface area contributed by atoms with E-state index in [2.05, 4.69) is 15.6 Å². The molecule has 0 unspecified atom stereocenters. The molecule has 7 nitrogen and oxygen atoms in total. The third-order valence-electron chi connectivity index (χ3n) is 6.72. The Balaban J connectivity index is 1.21. The summed E-state index contributed by atoms with van der Waals surface area (Å²) >= 11 is 0. The third-order valence-corrected chi connectivity index (χ3v) is 6.72. The highest BCUT2D eigenvalue weighted by Gasteiger charge is 2.24. The van der Waals surface area contributed by atoms with Gasteiger partial charge in [0.2, 0.25) is 5.91 Å². The molecule has 0 aliphatic heterocycles. The molecule has 2 aromatic carbocycles. The number of benzene rings is 2. The number of carbonyl (C=O) groups is 3. The van der Waals surface area contributed by atoms with Gasteiger partial charge in [-0.1, -0.05) is 42.5 Å². The number of carboxylic acid groups (broad SMARTS) is 1. The van der Waals surface area contributed by atoms with Crippen LogP contribution in [-0.2, 0) is 9.59 Å². The highest BCUT2D eigenvalue weighted by atomic mass is 16.4. The van der Waals surface area contributed by atoms with Crippen molar-refractivity contribution in [2.45, 2.75) is 44.4 Å². The molecular weight excluding hydrogens is 454 g/mol. The van der Waals surface area contributed by atoms with E-state index in [1.165, 1.54) is 11.8 Å². The summed E-state index contributed by atoms with van der Waals surface area (Å²) in [5.41, 5.74) is 4.23. The normalized spacial score (nSPS) is 17.2. The topological polar surface area (TPSA) is 108 Å². The van der Waals surface area contributed by atoms with E-state index < -0.39 is 5.97 Å².